The molecule has 0 bridgehead atoms. The zero-order valence-corrected chi connectivity index (χ0v) is 8.59. The second-order valence-corrected chi connectivity index (χ2v) is 3.64. The van der Waals surface area contributed by atoms with Crippen molar-refractivity contribution in [1.29, 1.82) is 5.26 Å². The molecule has 7 heteroatoms. The molecule has 84 valence electrons. The highest BCUT2D eigenvalue weighted by atomic mass is 16.6. The molecular formula is C9H11N5O2. The minimum absolute atomic E-state index is 0.00684. The molecule has 16 heavy (non-hydrogen) atoms. The van der Waals surface area contributed by atoms with Crippen molar-refractivity contribution in [1.82, 2.24) is 15.2 Å². The first kappa shape index (κ1) is 10.4. The number of amides is 1. The van der Waals surface area contributed by atoms with Gasteiger partial charge in [0.05, 0.1) is 12.5 Å². The molecule has 0 spiro atoms. The van der Waals surface area contributed by atoms with E-state index in [1.807, 2.05) is 6.07 Å². The van der Waals surface area contributed by atoms with Gasteiger partial charge < -0.3 is 10.6 Å². The fraction of sp³-hybridized carbons (Fsp3) is 0.556. The van der Waals surface area contributed by atoms with Crippen LogP contribution < -0.4 is 5.73 Å². The standard InChI is InChI=1S/C9H11N5O2/c10-4-1-5-14(6-2-3-6)9(15)7-8(11)13-16-12-7/h6H,1-3,5H2,(H2,11,13). The summed E-state index contributed by atoms with van der Waals surface area (Å²) in [5, 5.41) is 15.4. The average molecular weight is 221 g/mol. The van der Waals surface area contributed by atoms with Gasteiger partial charge in [-0.05, 0) is 23.2 Å². The number of nitrogens with two attached hydrogens (primary N) is 1. The van der Waals surface area contributed by atoms with E-state index in [9.17, 15) is 4.79 Å². The SMILES string of the molecule is N#CCCN(C(=O)c1nonc1N)C1CC1. The summed E-state index contributed by atoms with van der Waals surface area (Å²) in [5.74, 6) is -0.316. The fourth-order valence-corrected chi connectivity index (χ4v) is 1.49. The number of nitrogen functional groups attached to an aromatic ring is 1. The number of nitrogens with zero attached hydrogens (tertiary/aromatic N) is 4. The van der Waals surface area contributed by atoms with Crippen molar-refractivity contribution < 1.29 is 9.42 Å². The van der Waals surface area contributed by atoms with Crippen LogP contribution in [0.25, 0.3) is 0 Å². The Labute approximate surface area is 91.8 Å². The molecule has 0 radical (unpaired) electrons. The van der Waals surface area contributed by atoms with Crippen molar-refractivity contribution in [2.24, 2.45) is 0 Å². The topological polar surface area (TPSA) is 109 Å². The zero-order valence-electron chi connectivity index (χ0n) is 8.59. The van der Waals surface area contributed by atoms with E-state index in [0.29, 0.717) is 13.0 Å². The lowest BCUT2D eigenvalue weighted by molar-refractivity contribution is 0.0736. The number of carbonyl (C=O) groups excluding carboxylic acids is 1. The summed E-state index contributed by atoms with van der Waals surface area (Å²) >= 11 is 0. The number of anilines is 1. The molecule has 1 heterocycles. The molecule has 1 aliphatic rings. The van der Waals surface area contributed by atoms with E-state index < -0.39 is 0 Å². The third kappa shape index (κ3) is 1.95. The molecule has 0 saturated heterocycles. The molecule has 2 N–H and O–H groups in total. The van der Waals surface area contributed by atoms with Gasteiger partial charge in [0.1, 0.15) is 0 Å². The van der Waals surface area contributed by atoms with Gasteiger partial charge >= 0.3 is 0 Å². The lowest BCUT2D eigenvalue weighted by atomic mass is 10.3. The van der Waals surface area contributed by atoms with Gasteiger partial charge in [-0.3, -0.25) is 4.79 Å². The van der Waals surface area contributed by atoms with E-state index in [0.717, 1.165) is 12.8 Å². The molecule has 1 amide bonds. The van der Waals surface area contributed by atoms with Crippen molar-refractivity contribution in [2.45, 2.75) is 25.3 Å². The summed E-state index contributed by atoms with van der Waals surface area (Å²) in [4.78, 5) is 13.6. The maximum Gasteiger partial charge on any atom is 0.280 e. The van der Waals surface area contributed by atoms with E-state index in [2.05, 4.69) is 14.9 Å². The zero-order chi connectivity index (χ0) is 11.5. The van der Waals surface area contributed by atoms with Crippen LogP contribution in [0.1, 0.15) is 29.8 Å². The summed E-state index contributed by atoms with van der Waals surface area (Å²) in [6, 6.07) is 2.22. The smallest absolute Gasteiger partial charge is 0.280 e. The number of aromatic nitrogens is 2. The van der Waals surface area contributed by atoms with Gasteiger partial charge in [0.25, 0.3) is 5.91 Å². The van der Waals surface area contributed by atoms with Crippen LogP contribution in [-0.4, -0.2) is 33.7 Å². The highest BCUT2D eigenvalue weighted by Gasteiger charge is 2.34. The summed E-state index contributed by atoms with van der Waals surface area (Å²) < 4.78 is 4.38. The van der Waals surface area contributed by atoms with Crippen LogP contribution in [-0.2, 0) is 0 Å². The second kappa shape index (κ2) is 4.18. The molecule has 1 aromatic rings. The van der Waals surface area contributed by atoms with E-state index in [4.69, 9.17) is 11.0 Å². The quantitative estimate of drug-likeness (QED) is 0.776. The Kier molecular flexibility index (Phi) is 2.72. The summed E-state index contributed by atoms with van der Waals surface area (Å²) in [6.45, 7) is 0.395. The molecule has 0 atom stereocenters. The van der Waals surface area contributed by atoms with Crippen LogP contribution >= 0.6 is 0 Å². The first-order valence-corrected chi connectivity index (χ1v) is 5.00. The van der Waals surface area contributed by atoms with Gasteiger partial charge in [-0.1, -0.05) is 0 Å². The first-order valence-electron chi connectivity index (χ1n) is 5.00. The Hall–Kier alpha value is -2.10. The number of hydrogen-bond acceptors (Lipinski definition) is 6. The monoisotopic (exact) mass is 221 g/mol. The van der Waals surface area contributed by atoms with Crippen molar-refractivity contribution in [3.8, 4) is 6.07 Å². The van der Waals surface area contributed by atoms with Crippen LogP contribution in [0.4, 0.5) is 5.82 Å². The molecule has 1 fully saturated rings. The number of rotatable bonds is 4. The normalized spacial score (nSPS) is 14.4. The highest BCUT2D eigenvalue weighted by Crippen LogP contribution is 2.28. The molecule has 0 unspecified atom stereocenters. The lowest BCUT2D eigenvalue weighted by Crippen LogP contribution is -2.34. The fourth-order valence-electron chi connectivity index (χ4n) is 1.49. The maximum atomic E-state index is 12.0. The summed E-state index contributed by atoms with van der Waals surface area (Å²) in [6.07, 6.45) is 2.22. The molecule has 7 nitrogen and oxygen atoms in total. The Morgan fingerprint density at radius 1 is 1.62 bits per heavy atom. The Morgan fingerprint density at radius 3 is 2.88 bits per heavy atom. The van der Waals surface area contributed by atoms with Gasteiger partial charge in [0.2, 0.25) is 11.5 Å². The van der Waals surface area contributed by atoms with Crippen molar-refractivity contribution in [2.75, 3.05) is 12.3 Å². The molecule has 2 rings (SSSR count). The minimum atomic E-state index is -0.309. The third-order valence-electron chi connectivity index (χ3n) is 2.43. The minimum Gasteiger partial charge on any atom is -0.379 e. The van der Waals surface area contributed by atoms with Crippen molar-refractivity contribution in [3.63, 3.8) is 0 Å². The Balaban J connectivity index is 2.11. The lowest BCUT2D eigenvalue weighted by Gasteiger charge is -2.19. The van der Waals surface area contributed by atoms with E-state index in [1.54, 1.807) is 4.90 Å². The van der Waals surface area contributed by atoms with Crippen LogP contribution in [0, 0.1) is 11.3 Å². The average Bonchev–Trinajstić information content (AvgIpc) is 3.01. The largest absolute Gasteiger partial charge is 0.379 e. The van der Waals surface area contributed by atoms with Gasteiger partial charge in [-0.25, -0.2) is 4.63 Å². The Morgan fingerprint density at radius 2 is 2.38 bits per heavy atom. The van der Waals surface area contributed by atoms with E-state index in [-0.39, 0.29) is 23.5 Å². The van der Waals surface area contributed by atoms with Crippen LogP contribution in [0.15, 0.2) is 4.63 Å². The molecule has 0 aromatic carbocycles. The van der Waals surface area contributed by atoms with Gasteiger partial charge in [0.15, 0.2) is 0 Å². The summed E-state index contributed by atoms with van der Waals surface area (Å²) in [7, 11) is 0. The molecule has 1 saturated carbocycles. The van der Waals surface area contributed by atoms with Gasteiger partial charge in [0, 0.05) is 12.6 Å². The molecule has 0 aliphatic heterocycles. The molecule has 1 aromatic heterocycles. The highest BCUT2D eigenvalue weighted by molar-refractivity contribution is 5.96. The number of carbonyl (C=O) groups is 1. The van der Waals surface area contributed by atoms with E-state index in [1.165, 1.54) is 0 Å². The predicted molar refractivity (Wildman–Crippen MR) is 53.0 cm³/mol. The van der Waals surface area contributed by atoms with E-state index >= 15 is 0 Å². The van der Waals surface area contributed by atoms with Crippen molar-refractivity contribution in [3.05, 3.63) is 5.69 Å². The van der Waals surface area contributed by atoms with Crippen LogP contribution in [0.2, 0.25) is 0 Å². The summed E-state index contributed by atoms with van der Waals surface area (Å²) in [5.41, 5.74) is 5.48. The van der Waals surface area contributed by atoms with Crippen LogP contribution in [0.3, 0.4) is 0 Å². The second-order valence-electron chi connectivity index (χ2n) is 3.64. The van der Waals surface area contributed by atoms with Gasteiger partial charge in [-0.15, -0.1) is 0 Å². The molecule has 1 aliphatic carbocycles. The number of hydrogen-bond donors (Lipinski definition) is 1. The first-order chi connectivity index (χ1) is 7.74. The maximum absolute atomic E-state index is 12.0. The number of nitriles is 1. The third-order valence-corrected chi connectivity index (χ3v) is 2.43. The van der Waals surface area contributed by atoms with Crippen LogP contribution in [0.5, 0.6) is 0 Å². The molecular weight excluding hydrogens is 210 g/mol. The van der Waals surface area contributed by atoms with Crippen molar-refractivity contribution >= 4 is 11.7 Å². The predicted octanol–water partition coefficient (Wildman–Crippen LogP) is 0.170. The van der Waals surface area contributed by atoms with Gasteiger partial charge in [-0.2, -0.15) is 5.26 Å². The Bertz CT molecular complexity index is 431.